The van der Waals surface area contributed by atoms with Gasteiger partial charge in [0, 0.05) is 25.4 Å². The zero-order valence-corrected chi connectivity index (χ0v) is 23.8. The van der Waals surface area contributed by atoms with Gasteiger partial charge in [-0.3, -0.25) is 9.59 Å². The molecule has 0 radical (unpaired) electrons. The molecule has 1 aliphatic carbocycles. The number of carbonyl (C=O) groups excluding carboxylic acids is 2. The normalized spacial score (nSPS) is 15.5. The van der Waals surface area contributed by atoms with Gasteiger partial charge in [-0.25, -0.2) is 0 Å². The van der Waals surface area contributed by atoms with Crippen molar-refractivity contribution >= 4 is 11.8 Å². The maximum absolute atomic E-state index is 14.1. The van der Waals surface area contributed by atoms with Crippen molar-refractivity contribution in [1.82, 2.24) is 10.2 Å². The maximum atomic E-state index is 14.1. The van der Waals surface area contributed by atoms with Crippen LogP contribution in [0.15, 0.2) is 72.8 Å². The van der Waals surface area contributed by atoms with Gasteiger partial charge in [-0.15, -0.1) is 0 Å². The molecular weight excluding hydrogens is 516 g/mol. The summed E-state index contributed by atoms with van der Waals surface area (Å²) in [5.74, 6) is 2.01. The van der Waals surface area contributed by atoms with E-state index in [4.69, 9.17) is 14.2 Å². The van der Waals surface area contributed by atoms with Crippen LogP contribution in [0, 0.1) is 0 Å². The Hall–Kier alpha value is -4.00. The summed E-state index contributed by atoms with van der Waals surface area (Å²) in [6.07, 6.45) is 6.67. The minimum atomic E-state index is -0.640. The highest BCUT2D eigenvalue weighted by atomic mass is 16.6. The van der Waals surface area contributed by atoms with Gasteiger partial charge >= 0.3 is 0 Å². The van der Waals surface area contributed by atoms with Crippen molar-refractivity contribution in [1.29, 1.82) is 0 Å². The van der Waals surface area contributed by atoms with E-state index in [1.54, 1.807) is 12.0 Å². The number of ether oxygens (including phenoxy) is 3. The molecule has 5 rings (SSSR count). The molecule has 1 atom stereocenters. The lowest BCUT2D eigenvalue weighted by molar-refractivity contribution is -0.141. The van der Waals surface area contributed by atoms with Crippen LogP contribution >= 0.6 is 0 Å². The zero-order chi connectivity index (χ0) is 28.4. The third-order valence-corrected chi connectivity index (χ3v) is 7.94. The van der Waals surface area contributed by atoms with E-state index in [0.717, 1.165) is 53.9 Å². The molecule has 7 heteroatoms. The summed E-state index contributed by atoms with van der Waals surface area (Å²) in [6.45, 7) is 1.36. The summed E-state index contributed by atoms with van der Waals surface area (Å²) in [4.78, 5) is 29.8. The molecule has 3 aromatic carbocycles. The van der Waals surface area contributed by atoms with Crippen molar-refractivity contribution in [2.75, 3.05) is 20.3 Å². The summed E-state index contributed by atoms with van der Waals surface area (Å²) < 4.78 is 16.8. The van der Waals surface area contributed by atoms with Crippen LogP contribution in [0.1, 0.15) is 55.2 Å². The highest BCUT2D eigenvalue weighted by Crippen LogP contribution is 2.31. The molecule has 1 unspecified atom stereocenters. The maximum Gasteiger partial charge on any atom is 0.243 e. The van der Waals surface area contributed by atoms with Gasteiger partial charge in [0.15, 0.2) is 11.5 Å². The minimum Gasteiger partial charge on any atom is -0.497 e. The number of amides is 2. The van der Waals surface area contributed by atoms with Crippen molar-refractivity contribution in [2.45, 2.75) is 70.0 Å². The van der Waals surface area contributed by atoms with Crippen LogP contribution in [0.5, 0.6) is 17.2 Å². The average Bonchev–Trinajstić information content (AvgIpc) is 3.02. The summed E-state index contributed by atoms with van der Waals surface area (Å²) in [7, 11) is 1.63. The molecular formula is C34H40N2O5. The van der Waals surface area contributed by atoms with Gasteiger partial charge < -0.3 is 24.4 Å². The van der Waals surface area contributed by atoms with Crippen LogP contribution in [0.2, 0.25) is 0 Å². The first-order valence-electron chi connectivity index (χ1n) is 14.7. The molecule has 1 fully saturated rings. The first-order chi connectivity index (χ1) is 20.1. The second kappa shape index (κ2) is 14.1. The smallest absolute Gasteiger partial charge is 0.243 e. The Labute approximate surface area is 242 Å². The number of aryl methyl sites for hydroxylation is 1. The highest BCUT2D eigenvalue weighted by Gasteiger charge is 2.32. The standard InChI is InChI=1S/C34H40N2O5/c1-39-29-14-8-11-27(21-29)24-36(33(37)18-16-26-15-17-31-32(23-26)41-20-19-40-31)30(22-25-9-4-2-5-10-25)34(38)35-28-12-6-3-7-13-28/h2,4-5,8-11,14-15,17,21,23,28,30H,3,6-7,12-13,16,18-20,22,24H2,1H3,(H,35,38). The first kappa shape index (κ1) is 28.5. The number of nitrogens with zero attached hydrogens (tertiary/aromatic N) is 1. The fraction of sp³-hybridized carbons (Fsp3) is 0.412. The number of hydrogen-bond acceptors (Lipinski definition) is 5. The number of fused-ring (bicyclic) bond motifs is 1. The van der Waals surface area contributed by atoms with Gasteiger partial charge in [-0.05, 0) is 60.2 Å². The summed E-state index contributed by atoms with van der Waals surface area (Å²) in [5, 5.41) is 3.30. The highest BCUT2D eigenvalue weighted by molar-refractivity contribution is 5.88. The number of nitrogens with one attached hydrogen (secondary N) is 1. The van der Waals surface area contributed by atoms with Crippen LogP contribution in [-0.4, -0.2) is 49.1 Å². The number of carbonyl (C=O) groups is 2. The molecule has 0 spiro atoms. The largest absolute Gasteiger partial charge is 0.497 e. The lowest BCUT2D eigenvalue weighted by Crippen LogP contribution is -2.52. The molecule has 1 aliphatic heterocycles. The van der Waals surface area contributed by atoms with Crippen LogP contribution in [-0.2, 0) is 29.0 Å². The van der Waals surface area contributed by atoms with Crippen molar-refractivity contribution in [3.63, 3.8) is 0 Å². The van der Waals surface area contributed by atoms with Crippen LogP contribution < -0.4 is 19.5 Å². The molecule has 0 bridgehead atoms. The molecule has 41 heavy (non-hydrogen) atoms. The van der Waals surface area contributed by atoms with E-state index < -0.39 is 6.04 Å². The Morgan fingerprint density at radius 2 is 1.63 bits per heavy atom. The van der Waals surface area contributed by atoms with Crippen molar-refractivity contribution in [3.8, 4) is 17.2 Å². The molecule has 3 aromatic rings. The molecule has 0 saturated heterocycles. The van der Waals surface area contributed by atoms with E-state index in [0.29, 0.717) is 38.3 Å². The predicted molar refractivity (Wildman–Crippen MR) is 158 cm³/mol. The third-order valence-electron chi connectivity index (χ3n) is 7.94. The molecule has 1 saturated carbocycles. The van der Waals surface area contributed by atoms with E-state index in [1.165, 1.54) is 6.42 Å². The second-order valence-electron chi connectivity index (χ2n) is 10.9. The quantitative estimate of drug-likeness (QED) is 0.338. The fourth-order valence-electron chi connectivity index (χ4n) is 5.70. The molecule has 1 N–H and O–H groups in total. The van der Waals surface area contributed by atoms with Crippen molar-refractivity contribution in [3.05, 3.63) is 89.5 Å². The summed E-state index contributed by atoms with van der Waals surface area (Å²) >= 11 is 0. The SMILES string of the molecule is COc1cccc(CN(C(=O)CCc2ccc3c(c2)OCCO3)C(Cc2ccccc2)C(=O)NC2CCCCC2)c1. The van der Waals surface area contributed by atoms with E-state index in [-0.39, 0.29) is 24.3 Å². The van der Waals surface area contributed by atoms with E-state index in [1.807, 2.05) is 72.8 Å². The van der Waals surface area contributed by atoms with Crippen LogP contribution in [0.3, 0.4) is 0 Å². The van der Waals surface area contributed by atoms with E-state index in [2.05, 4.69) is 5.32 Å². The molecule has 216 valence electrons. The average molecular weight is 557 g/mol. The third kappa shape index (κ3) is 7.81. The summed E-state index contributed by atoms with van der Waals surface area (Å²) in [6, 6.07) is 23.0. The van der Waals surface area contributed by atoms with Gasteiger partial charge in [0.2, 0.25) is 11.8 Å². The zero-order valence-electron chi connectivity index (χ0n) is 23.8. The Morgan fingerprint density at radius 1 is 0.878 bits per heavy atom. The molecule has 1 heterocycles. The lowest BCUT2D eigenvalue weighted by Gasteiger charge is -2.33. The lowest BCUT2D eigenvalue weighted by atomic mass is 9.94. The monoisotopic (exact) mass is 556 g/mol. The Kier molecular flexibility index (Phi) is 9.78. The number of hydrogen-bond donors (Lipinski definition) is 1. The summed E-state index contributed by atoms with van der Waals surface area (Å²) in [5.41, 5.74) is 2.93. The number of methoxy groups -OCH3 is 1. The topological polar surface area (TPSA) is 77.1 Å². The molecule has 7 nitrogen and oxygen atoms in total. The van der Waals surface area contributed by atoms with E-state index in [9.17, 15) is 9.59 Å². The molecule has 2 aliphatic rings. The predicted octanol–water partition coefficient (Wildman–Crippen LogP) is 5.49. The van der Waals surface area contributed by atoms with Gasteiger partial charge in [0.1, 0.15) is 25.0 Å². The minimum absolute atomic E-state index is 0.0672. The number of benzene rings is 3. The Bertz CT molecular complexity index is 1310. The van der Waals surface area contributed by atoms with Crippen molar-refractivity contribution < 1.29 is 23.8 Å². The van der Waals surface area contributed by atoms with E-state index >= 15 is 0 Å². The van der Waals surface area contributed by atoms with Crippen LogP contribution in [0.25, 0.3) is 0 Å². The molecule has 2 amide bonds. The van der Waals surface area contributed by atoms with Gasteiger partial charge in [-0.2, -0.15) is 0 Å². The van der Waals surface area contributed by atoms with Gasteiger partial charge in [0.05, 0.1) is 7.11 Å². The first-order valence-corrected chi connectivity index (χ1v) is 14.7. The molecule has 0 aromatic heterocycles. The second-order valence-corrected chi connectivity index (χ2v) is 10.9. The Balaban J connectivity index is 1.40. The Morgan fingerprint density at radius 3 is 2.41 bits per heavy atom. The van der Waals surface area contributed by atoms with Crippen LogP contribution in [0.4, 0.5) is 0 Å². The van der Waals surface area contributed by atoms with Crippen molar-refractivity contribution in [2.24, 2.45) is 0 Å². The van der Waals surface area contributed by atoms with Gasteiger partial charge in [0.25, 0.3) is 0 Å². The fourth-order valence-corrected chi connectivity index (χ4v) is 5.70. The van der Waals surface area contributed by atoms with Gasteiger partial charge in [-0.1, -0.05) is 67.8 Å². The number of rotatable bonds is 11.